The minimum atomic E-state index is -0.191. The van der Waals surface area contributed by atoms with Crippen LogP contribution in [0.2, 0.25) is 0 Å². The molecule has 1 amide bonds. The number of aryl methyl sites for hydroxylation is 2. The van der Waals surface area contributed by atoms with Crippen LogP contribution in [0.3, 0.4) is 0 Å². The minimum absolute atomic E-state index is 0.131. The summed E-state index contributed by atoms with van der Waals surface area (Å²) < 4.78 is 0. The molecular formula is C19H20N6O. The number of benzene rings is 1. The van der Waals surface area contributed by atoms with E-state index in [0.717, 1.165) is 33.8 Å². The van der Waals surface area contributed by atoms with E-state index >= 15 is 0 Å². The Morgan fingerprint density at radius 2 is 2.08 bits per heavy atom. The Bertz CT molecular complexity index is 1010. The topological polar surface area (TPSA) is 101 Å². The van der Waals surface area contributed by atoms with Crippen LogP contribution in [0, 0.1) is 13.8 Å². The zero-order valence-electron chi connectivity index (χ0n) is 14.9. The summed E-state index contributed by atoms with van der Waals surface area (Å²) in [5, 5.41) is 6.91. The van der Waals surface area contributed by atoms with E-state index in [1.807, 2.05) is 39.0 Å². The molecular weight excluding hydrogens is 328 g/mol. The molecule has 0 fully saturated rings. The molecule has 132 valence electrons. The van der Waals surface area contributed by atoms with Crippen LogP contribution in [0.25, 0.3) is 11.3 Å². The lowest BCUT2D eigenvalue weighted by Gasteiger charge is -2.20. The summed E-state index contributed by atoms with van der Waals surface area (Å²) >= 11 is 0. The van der Waals surface area contributed by atoms with Gasteiger partial charge in [0.05, 0.1) is 24.0 Å². The first kappa shape index (κ1) is 16.3. The van der Waals surface area contributed by atoms with Crippen molar-refractivity contribution in [2.45, 2.75) is 33.4 Å². The summed E-state index contributed by atoms with van der Waals surface area (Å²) in [5.41, 5.74) is 11.9. The number of rotatable bonds is 2. The van der Waals surface area contributed by atoms with Gasteiger partial charge in [-0.05, 0) is 32.9 Å². The highest BCUT2D eigenvalue weighted by atomic mass is 16.2. The van der Waals surface area contributed by atoms with Gasteiger partial charge in [0.2, 0.25) is 5.95 Å². The zero-order valence-corrected chi connectivity index (χ0v) is 14.9. The number of hydrogen-bond acceptors (Lipinski definition) is 5. The van der Waals surface area contributed by atoms with Crippen LogP contribution >= 0.6 is 0 Å². The molecule has 0 aliphatic carbocycles. The number of carbonyl (C=O) groups excluding carboxylic acids is 1. The van der Waals surface area contributed by atoms with Gasteiger partial charge in [0.1, 0.15) is 5.69 Å². The average molecular weight is 348 g/mol. The van der Waals surface area contributed by atoms with Crippen LogP contribution < -0.4 is 5.73 Å². The molecule has 0 saturated heterocycles. The number of nitrogens with zero attached hydrogens (tertiary/aromatic N) is 4. The SMILES string of the molecule is Cc1cccc(-c2nc(N)nc3c2CN(C(=O)c2cc(C)[nH]n2)[C@@H]3C)c1. The Hall–Kier alpha value is -3.22. The highest BCUT2D eigenvalue weighted by Gasteiger charge is 2.36. The molecule has 2 aromatic heterocycles. The lowest BCUT2D eigenvalue weighted by atomic mass is 10.0. The Morgan fingerprint density at radius 1 is 1.27 bits per heavy atom. The van der Waals surface area contributed by atoms with Crippen LogP contribution in [0.15, 0.2) is 30.3 Å². The average Bonchev–Trinajstić information content (AvgIpc) is 3.18. The first-order valence-electron chi connectivity index (χ1n) is 8.50. The molecule has 0 unspecified atom stereocenters. The number of hydrogen-bond donors (Lipinski definition) is 2. The van der Waals surface area contributed by atoms with Crippen molar-refractivity contribution in [3.8, 4) is 11.3 Å². The molecule has 3 aromatic rings. The van der Waals surface area contributed by atoms with Crippen molar-refractivity contribution in [3.63, 3.8) is 0 Å². The van der Waals surface area contributed by atoms with Gasteiger partial charge in [-0.25, -0.2) is 9.97 Å². The molecule has 7 heteroatoms. The summed E-state index contributed by atoms with van der Waals surface area (Å²) in [7, 11) is 0. The third-order valence-corrected chi connectivity index (χ3v) is 4.73. The van der Waals surface area contributed by atoms with Crippen LogP contribution in [-0.4, -0.2) is 31.0 Å². The summed E-state index contributed by atoms with van der Waals surface area (Å²) in [4.78, 5) is 23.5. The van der Waals surface area contributed by atoms with Gasteiger partial charge in [-0.1, -0.05) is 23.8 Å². The number of nitrogens with two attached hydrogens (primary N) is 1. The Labute approximate surface area is 151 Å². The van der Waals surface area contributed by atoms with E-state index in [1.54, 1.807) is 11.0 Å². The maximum atomic E-state index is 12.9. The third kappa shape index (κ3) is 2.61. The van der Waals surface area contributed by atoms with E-state index in [0.29, 0.717) is 12.2 Å². The maximum absolute atomic E-state index is 12.9. The number of aromatic nitrogens is 4. The molecule has 0 bridgehead atoms. The molecule has 26 heavy (non-hydrogen) atoms. The predicted octanol–water partition coefficient (Wildman–Crippen LogP) is 2.78. The van der Waals surface area contributed by atoms with E-state index in [9.17, 15) is 4.79 Å². The van der Waals surface area contributed by atoms with Crippen molar-refractivity contribution in [1.82, 2.24) is 25.1 Å². The lowest BCUT2D eigenvalue weighted by Crippen LogP contribution is -2.28. The van der Waals surface area contributed by atoms with Gasteiger partial charge in [-0.15, -0.1) is 0 Å². The van der Waals surface area contributed by atoms with E-state index in [4.69, 9.17) is 5.73 Å². The maximum Gasteiger partial charge on any atom is 0.275 e. The number of carbonyl (C=O) groups is 1. The standard InChI is InChI=1S/C19H20N6O/c1-10-5-4-6-13(7-10)17-14-9-25(12(3)16(14)21-19(20)22-17)18(26)15-8-11(2)23-24-15/h4-8,12H,9H2,1-3H3,(H,23,24)(H2,20,21,22)/t12-/m1/s1. The molecule has 1 aromatic carbocycles. The molecule has 0 spiro atoms. The van der Waals surface area contributed by atoms with Crippen molar-refractivity contribution >= 4 is 11.9 Å². The number of nitrogens with one attached hydrogen (secondary N) is 1. The quantitative estimate of drug-likeness (QED) is 0.741. The number of anilines is 1. The zero-order chi connectivity index (χ0) is 18.4. The largest absolute Gasteiger partial charge is 0.368 e. The summed E-state index contributed by atoms with van der Waals surface area (Å²) in [6.07, 6.45) is 0. The van der Waals surface area contributed by atoms with Crippen molar-refractivity contribution < 1.29 is 4.79 Å². The molecule has 1 aliphatic heterocycles. The fraction of sp³-hybridized carbons (Fsp3) is 0.263. The van der Waals surface area contributed by atoms with E-state index in [2.05, 4.69) is 26.2 Å². The molecule has 0 saturated carbocycles. The van der Waals surface area contributed by atoms with E-state index in [1.165, 1.54) is 0 Å². The summed E-state index contributed by atoms with van der Waals surface area (Å²) in [6, 6.07) is 9.65. The van der Waals surface area contributed by atoms with Crippen LogP contribution in [0.4, 0.5) is 5.95 Å². The molecule has 7 nitrogen and oxygen atoms in total. The summed E-state index contributed by atoms with van der Waals surface area (Å²) in [6.45, 7) is 6.29. The van der Waals surface area contributed by atoms with Crippen molar-refractivity contribution in [3.05, 3.63) is 58.5 Å². The monoisotopic (exact) mass is 348 g/mol. The Kier molecular flexibility index (Phi) is 3.72. The van der Waals surface area contributed by atoms with Crippen molar-refractivity contribution in [2.24, 2.45) is 0 Å². The van der Waals surface area contributed by atoms with Crippen molar-refractivity contribution in [1.29, 1.82) is 0 Å². The lowest BCUT2D eigenvalue weighted by molar-refractivity contribution is 0.0697. The second kappa shape index (κ2) is 5.94. The normalized spacial score (nSPS) is 16.0. The predicted molar refractivity (Wildman–Crippen MR) is 98.2 cm³/mol. The number of H-pyrrole nitrogens is 1. The van der Waals surface area contributed by atoms with Gasteiger partial charge >= 0.3 is 0 Å². The number of nitrogen functional groups attached to an aromatic ring is 1. The van der Waals surface area contributed by atoms with Crippen molar-refractivity contribution in [2.75, 3.05) is 5.73 Å². The smallest absolute Gasteiger partial charge is 0.275 e. The van der Waals surface area contributed by atoms with Crippen LogP contribution in [0.5, 0.6) is 0 Å². The molecule has 3 N–H and O–H groups in total. The van der Waals surface area contributed by atoms with Gasteiger partial charge in [0, 0.05) is 16.8 Å². The second-order valence-corrected chi connectivity index (χ2v) is 6.71. The van der Waals surface area contributed by atoms with Gasteiger partial charge in [0.25, 0.3) is 5.91 Å². The Morgan fingerprint density at radius 3 is 2.77 bits per heavy atom. The van der Waals surface area contributed by atoms with E-state index in [-0.39, 0.29) is 17.9 Å². The molecule has 0 radical (unpaired) electrons. The number of fused-ring (bicyclic) bond motifs is 1. The molecule has 4 rings (SSSR count). The van der Waals surface area contributed by atoms with Crippen LogP contribution in [-0.2, 0) is 6.54 Å². The molecule has 1 atom stereocenters. The number of amides is 1. The highest BCUT2D eigenvalue weighted by Crippen LogP contribution is 2.38. The number of aromatic amines is 1. The Balaban J connectivity index is 1.77. The van der Waals surface area contributed by atoms with Gasteiger partial charge in [-0.2, -0.15) is 5.10 Å². The molecule has 1 aliphatic rings. The first-order chi connectivity index (χ1) is 12.4. The summed E-state index contributed by atoms with van der Waals surface area (Å²) in [5.74, 6) is 0.0885. The van der Waals surface area contributed by atoms with Crippen LogP contribution in [0.1, 0.15) is 46.0 Å². The van der Waals surface area contributed by atoms with E-state index < -0.39 is 0 Å². The minimum Gasteiger partial charge on any atom is -0.368 e. The van der Waals surface area contributed by atoms with Gasteiger partial charge in [-0.3, -0.25) is 9.89 Å². The fourth-order valence-corrected chi connectivity index (χ4v) is 3.43. The first-order valence-corrected chi connectivity index (χ1v) is 8.50. The van der Waals surface area contributed by atoms with Gasteiger partial charge in [0.15, 0.2) is 0 Å². The van der Waals surface area contributed by atoms with Gasteiger partial charge < -0.3 is 10.6 Å². The molecule has 3 heterocycles. The third-order valence-electron chi connectivity index (χ3n) is 4.73. The second-order valence-electron chi connectivity index (χ2n) is 6.71. The highest BCUT2D eigenvalue weighted by molar-refractivity contribution is 5.93. The fourth-order valence-electron chi connectivity index (χ4n) is 3.43.